The Morgan fingerprint density at radius 1 is 0.632 bits per heavy atom. The molecule has 4 aliphatic rings. The van der Waals surface area contributed by atoms with E-state index in [1.54, 1.807) is 0 Å². The first-order chi connectivity index (χ1) is 9.24. The molecule has 8 atom stereocenters. The third kappa shape index (κ3) is 1.92. The molecule has 4 aliphatic heterocycles. The SMILES string of the molecule is O[C@@H]1CO[C@H]2[C@@H]1OC[C@@H]2O[C@H]1CO[C@H]2[C@@H]1OC[C@H]2O. The maximum atomic E-state index is 9.67. The highest BCUT2D eigenvalue weighted by Gasteiger charge is 2.52. The molecule has 0 radical (unpaired) electrons. The van der Waals surface area contributed by atoms with Gasteiger partial charge >= 0.3 is 0 Å². The first kappa shape index (κ1) is 12.5. The Hall–Kier alpha value is -0.280. The zero-order valence-corrected chi connectivity index (χ0v) is 10.4. The molecule has 0 spiro atoms. The molecule has 0 aromatic carbocycles. The fraction of sp³-hybridized carbons (Fsp3) is 1.00. The van der Waals surface area contributed by atoms with Crippen LogP contribution in [0.2, 0.25) is 0 Å². The summed E-state index contributed by atoms with van der Waals surface area (Å²) in [5.41, 5.74) is 0. The second kappa shape index (κ2) is 4.63. The van der Waals surface area contributed by atoms with Gasteiger partial charge in [-0.15, -0.1) is 0 Å². The van der Waals surface area contributed by atoms with Crippen LogP contribution in [0.4, 0.5) is 0 Å². The normalized spacial score (nSPS) is 56.5. The van der Waals surface area contributed by atoms with E-state index in [1.165, 1.54) is 0 Å². The maximum absolute atomic E-state index is 9.67. The predicted octanol–water partition coefficient (Wildman–Crippen LogP) is -1.94. The Labute approximate surface area is 110 Å². The summed E-state index contributed by atoms with van der Waals surface area (Å²) >= 11 is 0. The minimum absolute atomic E-state index is 0.212. The van der Waals surface area contributed by atoms with E-state index in [2.05, 4.69) is 0 Å². The van der Waals surface area contributed by atoms with Crippen molar-refractivity contribution in [1.82, 2.24) is 0 Å². The molecule has 108 valence electrons. The monoisotopic (exact) mass is 274 g/mol. The highest BCUT2D eigenvalue weighted by Crippen LogP contribution is 2.34. The lowest BCUT2D eigenvalue weighted by Crippen LogP contribution is -2.40. The van der Waals surface area contributed by atoms with Crippen LogP contribution in [0, 0.1) is 0 Å². The zero-order chi connectivity index (χ0) is 13.0. The van der Waals surface area contributed by atoms with Gasteiger partial charge in [-0.3, -0.25) is 0 Å². The second-order valence-electron chi connectivity index (χ2n) is 5.54. The summed E-state index contributed by atoms with van der Waals surface area (Å²) in [4.78, 5) is 0. The molecule has 4 rings (SSSR count). The smallest absolute Gasteiger partial charge is 0.115 e. The Morgan fingerprint density at radius 2 is 1.05 bits per heavy atom. The van der Waals surface area contributed by atoms with Crippen LogP contribution in [0.5, 0.6) is 0 Å². The number of hydrogen-bond acceptors (Lipinski definition) is 7. The van der Waals surface area contributed by atoms with Gasteiger partial charge in [0.05, 0.1) is 26.4 Å². The number of aliphatic hydroxyl groups excluding tert-OH is 2. The minimum Gasteiger partial charge on any atom is -0.388 e. The van der Waals surface area contributed by atoms with Crippen LogP contribution in [-0.2, 0) is 23.7 Å². The highest BCUT2D eigenvalue weighted by atomic mass is 16.7. The molecule has 0 amide bonds. The lowest BCUT2D eigenvalue weighted by Gasteiger charge is -2.23. The second-order valence-corrected chi connectivity index (χ2v) is 5.54. The van der Waals surface area contributed by atoms with Gasteiger partial charge in [0, 0.05) is 0 Å². The lowest BCUT2D eigenvalue weighted by atomic mass is 10.1. The van der Waals surface area contributed by atoms with E-state index in [0.717, 1.165) is 0 Å². The predicted molar refractivity (Wildman–Crippen MR) is 59.6 cm³/mol. The van der Waals surface area contributed by atoms with Crippen LogP contribution in [0.25, 0.3) is 0 Å². The average Bonchev–Trinajstić information content (AvgIpc) is 3.10. The Morgan fingerprint density at radius 3 is 1.53 bits per heavy atom. The van der Waals surface area contributed by atoms with E-state index in [1.807, 2.05) is 0 Å². The molecule has 0 aromatic rings. The van der Waals surface area contributed by atoms with Crippen molar-refractivity contribution in [3.8, 4) is 0 Å². The molecule has 0 aromatic heterocycles. The molecule has 2 N–H and O–H groups in total. The van der Waals surface area contributed by atoms with Gasteiger partial charge in [-0.25, -0.2) is 0 Å². The third-order valence-corrected chi connectivity index (χ3v) is 4.31. The van der Waals surface area contributed by atoms with Crippen molar-refractivity contribution in [1.29, 1.82) is 0 Å². The van der Waals surface area contributed by atoms with Crippen molar-refractivity contribution in [3.05, 3.63) is 0 Å². The van der Waals surface area contributed by atoms with Gasteiger partial charge in [-0.2, -0.15) is 0 Å². The van der Waals surface area contributed by atoms with E-state index >= 15 is 0 Å². The summed E-state index contributed by atoms with van der Waals surface area (Å²) in [5, 5.41) is 19.3. The number of rotatable bonds is 2. The molecule has 4 fully saturated rings. The highest BCUT2D eigenvalue weighted by molar-refractivity contribution is 4.99. The summed E-state index contributed by atoms with van der Waals surface area (Å²) in [5.74, 6) is 0. The number of hydrogen-bond donors (Lipinski definition) is 2. The third-order valence-electron chi connectivity index (χ3n) is 4.31. The van der Waals surface area contributed by atoms with E-state index in [9.17, 15) is 10.2 Å². The topological polar surface area (TPSA) is 86.6 Å². The summed E-state index contributed by atoms with van der Waals surface area (Å²) < 4.78 is 28.0. The zero-order valence-electron chi connectivity index (χ0n) is 10.4. The van der Waals surface area contributed by atoms with Crippen molar-refractivity contribution >= 4 is 0 Å². The van der Waals surface area contributed by atoms with Crippen molar-refractivity contribution < 1.29 is 33.9 Å². The first-order valence-corrected chi connectivity index (χ1v) is 6.72. The van der Waals surface area contributed by atoms with Crippen LogP contribution in [0.3, 0.4) is 0 Å². The van der Waals surface area contributed by atoms with Crippen molar-refractivity contribution in [2.24, 2.45) is 0 Å². The van der Waals surface area contributed by atoms with Gasteiger partial charge in [0.1, 0.15) is 48.8 Å². The van der Waals surface area contributed by atoms with E-state index in [0.29, 0.717) is 13.2 Å². The lowest BCUT2D eigenvalue weighted by molar-refractivity contribution is -0.105. The number of ether oxygens (including phenoxy) is 5. The largest absolute Gasteiger partial charge is 0.388 e. The van der Waals surface area contributed by atoms with Crippen LogP contribution >= 0.6 is 0 Å². The van der Waals surface area contributed by atoms with Crippen LogP contribution in [0.1, 0.15) is 0 Å². The molecule has 4 saturated heterocycles. The van der Waals surface area contributed by atoms with Gasteiger partial charge < -0.3 is 33.9 Å². The molecule has 19 heavy (non-hydrogen) atoms. The van der Waals surface area contributed by atoms with Crippen LogP contribution in [0.15, 0.2) is 0 Å². The van der Waals surface area contributed by atoms with Crippen LogP contribution in [-0.4, -0.2) is 85.5 Å². The molecular formula is C12H18O7. The van der Waals surface area contributed by atoms with Crippen molar-refractivity contribution in [2.45, 2.75) is 48.8 Å². The maximum Gasteiger partial charge on any atom is 0.115 e. The fourth-order valence-electron chi connectivity index (χ4n) is 3.35. The summed E-state index contributed by atoms with van der Waals surface area (Å²) in [7, 11) is 0. The molecule has 0 unspecified atom stereocenters. The van der Waals surface area contributed by atoms with E-state index < -0.39 is 12.2 Å². The standard InChI is InChI=1S/C12H18O7/c13-5-1-15-11-7(3-17-9(5)11)19-8-4-18-10-6(14)2-16-12(8)10/h5-14H,1-4H2/t5-,6-,7+,8+,9-,10-,11-,12-/m1/s1. The first-order valence-electron chi connectivity index (χ1n) is 6.72. The van der Waals surface area contributed by atoms with E-state index in [4.69, 9.17) is 23.7 Å². The molecule has 7 heteroatoms. The molecule has 0 bridgehead atoms. The Kier molecular flexibility index (Phi) is 3.03. The fourth-order valence-corrected chi connectivity index (χ4v) is 3.35. The van der Waals surface area contributed by atoms with Gasteiger partial charge in [0.15, 0.2) is 0 Å². The van der Waals surface area contributed by atoms with Crippen LogP contribution < -0.4 is 0 Å². The summed E-state index contributed by atoms with van der Waals surface area (Å²) in [6, 6.07) is 0. The van der Waals surface area contributed by atoms with Crippen molar-refractivity contribution in [3.63, 3.8) is 0 Å². The molecule has 0 saturated carbocycles. The Balaban J connectivity index is 1.40. The molecule has 0 aliphatic carbocycles. The van der Waals surface area contributed by atoms with Gasteiger partial charge in [-0.05, 0) is 0 Å². The van der Waals surface area contributed by atoms with Crippen molar-refractivity contribution in [2.75, 3.05) is 26.4 Å². The summed E-state index contributed by atoms with van der Waals surface area (Å²) in [6.45, 7) is 1.39. The van der Waals surface area contributed by atoms with E-state index in [-0.39, 0.29) is 49.8 Å². The van der Waals surface area contributed by atoms with Gasteiger partial charge in [0.25, 0.3) is 0 Å². The molecule has 4 heterocycles. The Bertz CT molecular complexity index is 319. The quantitative estimate of drug-likeness (QED) is 0.605. The summed E-state index contributed by atoms with van der Waals surface area (Å²) in [6.07, 6.45) is -2.60. The molecular weight excluding hydrogens is 256 g/mol. The van der Waals surface area contributed by atoms with Gasteiger partial charge in [0.2, 0.25) is 0 Å². The number of aliphatic hydroxyl groups is 2. The number of fused-ring (bicyclic) bond motifs is 2. The average molecular weight is 274 g/mol. The van der Waals surface area contributed by atoms with Gasteiger partial charge in [-0.1, -0.05) is 0 Å². The minimum atomic E-state index is -0.573. The molecule has 7 nitrogen and oxygen atoms in total.